The Morgan fingerprint density at radius 1 is 1.04 bits per heavy atom. The van der Waals surface area contributed by atoms with Crippen LogP contribution >= 0.6 is 11.6 Å². The molecule has 6 nitrogen and oxygen atoms in total. The lowest BCUT2D eigenvalue weighted by atomic mass is 10.2. The van der Waals surface area contributed by atoms with E-state index in [-0.39, 0.29) is 23.8 Å². The van der Waals surface area contributed by atoms with Crippen LogP contribution in [0.15, 0.2) is 48.7 Å². The van der Waals surface area contributed by atoms with Crippen LogP contribution in [-0.4, -0.2) is 53.0 Å². The first-order valence-corrected chi connectivity index (χ1v) is 8.38. The van der Waals surface area contributed by atoms with Crippen molar-refractivity contribution in [3.63, 3.8) is 0 Å². The number of nitrogens with zero attached hydrogens (tertiary/aromatic N) is 3. The molecule has 1 aliphatic heterocycles. The van der Waals surface area contributed by atoms with E-state index in [1.54, 1.807) is 21.9 Å². The SMILES string of the molecule is O=C(OCc1ccccc1)N1CCN(C(=O)c2ccnc(Cl)c2)CC1. The maximum atomic E-state index is 12.4. The zero-order valence-corrected chi connectivity index (χ0v) is 14.4. The van der Waals surface area contributed by atoms with Gasteiger partial charge >= 0.3 is 6.09 Å². The zero-order valence-electron chi connectivity index (χ0n) is 13.6. The summed E-state index contributed by atoms with van der Waals surface area (Å²) in [6.07, 6.45) is 1.15. The maximum Gasteiger partial charge on any atom is 0.410 e. The number of rotatable bonds is 3. The lowest BCUT2D eigenvalue weighted by Crippen LogP contribution is -2.50. The molecule has 1 fully saturated rings. The fourth-order valence-electron chi connectivity index (χ4n) is 2.62. The zero-order chi connectivity index (χ0) is 17.6. The predicted octanol–water partition coefficient (Wildman–Crippen LogP) is 2.83. The molecule has 0 spiro atoms. The minimum absolute atomic E-state index is 0.110. The second-order valence-electron chi connectivity index (χ2n) is 5.69. The molecule has 0 unspecified atom stereocenters. The van der Waals surface area contributed by atoms with Gasteiger partial charge in [-0.2, -0.15) is 0 Å². The van der Waals surface area contributed by atoms with Gasteiger partial charge in [0.15, 0.2) is 0 Å². The van der Waals surface area contributed by atoms with Gasteiger partial charge in [-0.15, -0.1) is 0 Å². The van der Waals surface area contributed by atoms with Gasteiger partial charge in [0.25, 0.3) is 5.91 Å². The highest BCUT2D eigenvalue weighted by Gasteiger charge is 2.25. The van der Waals surface area contributed by atoms with Gasteiger partial charge in [-0.3, -0.25) is 4.79 Å². The molecule has 0 bridgehead atoms. The summed E-state index contributed by atoms with van der Waals surface area (Å²) < 4.78 is 5.32. The van der Waals surface area contributed by atoms with E-state index in [4.69, 9.17) is 16.3 Å². The van der Waals surface area contributed by atoms with Gasteiger partial charge < -0.3 is 14.5 Å². The molecule has 3 rings (SSSR count). The standard InChI is InChI=1S/C18H18ClN3O3/c19-16-12-15(6-7-20-16)17(23)21-8-10-22(11-9-21)18(24)25-13-14-4-2-1-3-5-14/h1-7,12H,8-11,13H2. The molecule has 130 valence electrons. The summed E-state index contributed by atoms with van der Waals surface area (Å²) in [7, 11) is 0. The van der Waals surface area contributed by atoms with Crippen molar-refractivity contribution in [3.8, 4) is 0 Å². The Balaban J connectivity index is 1.49. The molecule has 1 saturated heterocycles. The molecule has 2 heterocycles. The van der Waals surface area contributed by atoms with Crippen LogP contribution in [0.4, 0.5) is 4.79 Å². The largest absolute Gasteiger partial charge is 0.445 e. The van der Waals surface area contributed by atoms with Crippen LogP contribution in [-0.2, 0) is 11.3 Å². The molecule has 1 aromatic heterocycles. The smallest absolute Gasteiger partial charge is 0.410 e. The highest BCUT2D eigenvalue weighted by molar-refractivity contribution is 6.29. The maximum absolute atomic E-state index is 12.4. The summed E-state index contributed by atoms with van der Waals surface area (Å²) >= 11 is 5.83. The second-order valence-corrected chi connectivity index (χ2v) is 6.07. The number of aromatic nitrogens is 1. The van der Waals surface area contributed by atoms with E-state index >= 15 is 0 Å². The van der Waals surface area contributed by atoms with E-state index in [0.29, 0.717) is 31.7 Å². The molecule has 0 saturated carbocycles. The van der Waals surface area contributed by atoms with Crippen LogP contribution in [0.5, 0.6) is 0 Å². The molecule has 25 heavy (non-hydrogen) atoms. The Morgan fingerprint density at radius 2 is 1.72 bits per heavy atom. The molecule has 1 aliphatic rings. The van der Waals surface area contributed by atoms with E-state index in [0.717, 1.165) is 5.56 Å². The van der Waals surface area contributed by atoms with E-state index < -0.39 is 0 Å². The number of carbonyl (C=O) groups excluding carboxylic acids is 2. The lowest BCUT2D eigenvalue weighted by Gasteiger charge is -2.34. The van der Waals surface area contributed by atoms with Crippen molar-refractivity contribution in [2.45, 2.75) is 6.61 Å². The first-order valence-electron chi connectivity index (χ1n) is 8.00. The highest BCUT2D eigenvalue weighted by atomic mass is 35.5. The number of ether oxygens (including phenoxy) is 1. The molecule has 2 aromatic rings. The van der Waals surface area contributed by atoms with Crippen LogP contribution < -0.4 is 0 Å². The van der Waals surface area contributed by atoms with Gasteiger partial charge in [-0.1, -0.05) is 41.9 Å². The highest BCUT2D eigenvalue weighted by Crippen LogP contribution is 2.13. The number of halogens is 1. The monoisotopic (exact) mass is 359 g/mol. The van der Waals surface area contributed by atoms with Crippen molar-refractivity contribution in [1.82, 2.24) is 14.8 Å². The molecule has 0 atom stereocenters. The van der Waals surface area contributed by atoms with Gasteiger partial charge in [0.05, 0.1) is 0 Å². The molecule has 2 amide bonds. The van der Waals surface area contributed by atoms with E-state index in [2.05, 4.69) is 4.98 Å². The number of carbonyl (C=O) groups is 2. The number of benzene rings is 1. The van der Waals surface area contributed by atoms with Gasteiger partial charge in [-0.05, 0) is 17.7 Å². The normalized spacial score (nSPS) is 14.3. The van der Waals surface area contributed by atoms with Crippen LogP contribution in [0.3, 0.4) is 0 Å². The minimum atomic E-state index is -0.358. The summed E-state index contributed by atoms with van der Waals surface area (Å²) in [4.78, 5) is 31.8. The molecule has 0 N–H and O–H groups in total. The van der Waals surface area contributed by atoms with E-state index in [9.17, 15) is 9.59 Å². The number of hydrogen-bond acceptors (Lipinski definition) is 4. The van der Waals surface area contributed by atoms with Crippen molar-refractivity contribution < 1.29 is 14.3 Å². The molecule has 7 heteroatoms. The molecule has 0 aliphatic carbocycles. The molecular formula is C18H18ClN3O3. The average Bonchev–Trinajstić information content (AvgIpc) is 2.66. The molecular weight excluding hydrogens is 342 g/mol. The second kappa shape index (κ2) is 7.98. The van der Waals surface area contributed by atoms with Gasteiger partial charge in [0, 0.05) is 37.9 Å². The Labute approximate surface area is 151 Å². The number of hydrogen-bond donors (Lipinski definition) is 0. The average molecular weight is 360 g/mol. The summed E-state index contributed by atoms with van der Waals surface area (Å²) in [6.45, 7) is 2.04. The Kier molecular flexibility index (Phi) is 5.50. The number of amides is 2. The van der Waals surface area contributed by atoms with Crippen molar-refractivity contribution in [2.75, 3.05) is 26.2 Å². The third kappa shape index (κ3) is 4.48. The van der Waals surface area contributed by atoms with E-state index in [1.165, 1.54) is 6.20 Å². The predicted molar refractivity (Wildman–Crippen MR) is 93.4 cm³/mol. The van der Waals surface area contributed by atoms with Gasteiger partial charge in [-0.25, -0.2) is 9.78 Å². The minimum Gasteiger partial charge on any atom is -0.445 e. The number of pyridine rings is 1. The Hall–Kier alpha value is -2.60. The topological polar surface area (TPSA) is 62.7 Å². The molecule has 0 radical (unpaired) electrons. The Bertz CT molecular complexity index is 746. The van der Waals surface area contributed by atoms with Crippen molar-refractivity contribution in [3.05, 3.63) is 64.9 Å². The third-order valence-electron chi connectivity index (χ3n) is 4.00. The number of piperazine rings is 1. The third-order valence-corrected chi connectivity index (χ3v) is 4.21. The lowest BCUT2D eigenvalue weighted by molar-refractivity contribution is 0.0544. The first kappa shape index (κ1) is 17.2. The summed E-state index contributed by atoms with van der Waals surface area (Å²) in [5.74, 6) is -0.110. The van der Waals surface area contributed by atoms with Crippen LogP contribution in [0.25, 0.3) is 0 Å². The van der Waals surface area contributed by atoms with Crippen LogP contribution in [0.1, 0.15) is 15.9 Å². The van der Waals surface area contributed by atoms with Crippen molar-refractivity contribution in [2.24, 2.45) is 0 Å². The van der Waals surface area contributed by atoms with Crippen LogP contribution in [0, 0.1) is 0 Å². The quantitative estimate of drug-likeness (QED) is 0.790. The van der Waals surface area contributed by atoms with Crippen LogP contribution in [0.2, 0.25) is 5.15 Å². The molecule has 1 aromatic carbocycles. The van der Waals surface area contributed by atoms with Gasteiger partial charge in [0.2, 0.25) is 0 Å². The van der Waals surface area contributed by atoms with Crippen molar-refractivity contribution >= 4 is 23.6 Å². The van der Waals surface area contributed by atoms with Crippen molar-refractivity contribution in [1.29, 1.82) is 0 Å². The van der Waals surface area contributed by atoms with E-state index in [1.807, 2.05) is 30.3 Å². The summed E-state index contributed by atoms with van der Waals surface area (Å²) in [6, 6.07) is 12.7. The summed E-state index contributed by atoms with van der Waals surface area (Å²) in [5, 5.41) is 0.286. The van der Waals surface area contributed by atoms with Gasteiger partial charge in [0.1, 0.15) is 11.8 Å². The summed E-state index contributed by atoms with van der Waals surface area (Å²) in [5.41, 5.74) is 1.44. The fraction of sp³-hybridized carbons (Fsp3) is 0.278. The fourth-order valence-corrected chi connectivity index (χ4v) is 2.79. The Morgan fingerprint density at radius 3 is 2.40 bits per heavy atom. The first-order chi connectivity index (χ1) is 12.1.